The molecule has 0 saturated carbocycles. The van der Waals surface area contributed by atoms with Gasteiger partial charge in [-0.25, -0.2) is 0 Å². The molecule has 0 aliphatic heterocycles. The molecular weight excluding hydrogens is 320 g/mol. The van der Waals surface area contributed by atoms with E-state index in [2.05, 4.69) is 71.9 Å². The molecule has 3 aliphatic rings. The highest BCUT2D eigenvalue weighted by molar-refractivity contribution is 6.46. The zero-order valence-corrected chi connectivity index (χ0v) is 16.4. The number of hydrogen-bond acceptors (Lipinski definition) is 2. The highest BCUT2D eigenvalue weighted by Crippen LogP contribution is 2.60. The first-order valence-electron chi connectivity index (χ1n) is 9.34. The normalized spacial score (nSPS) is 25.5. The smallest absolute Gasteiger partial charge is 0.214 e. The van der Waals surface area contributed by atoms with Crippen LogP contribution in [0.15, 0.2) is 48.0 Å². The van der Waals surface area contributed by atoms with E-state index in [1.165, 1.54) is 0 Å². The fraction of sp³-hybridized carbons (Fsp3) is 0.417. The van der Waals surface area contributed by atoms with Crippen LogP contribution in [0, 0.1) is 10.8 Å². The lowest BCUT2D eigenvalue weighted by molar-refractivity contribution is -0.143. The van der Waals surface area contributed by atoms with Crippen molar-refractivity contribution >= 4 is 22.3 Å². The van der Waals surface area contributed by atoms with E-state index in [0.29, 0.717) is 0 Å². The Balaban J connectivity index is 2.22. The molecule has 0 N–H and O–H groups in total. The van der Waals surface area contributed by atoms with Crippen molar-refractivity contribution in [2.75, 3.05) is 0 Å². The Bertz CT molecular complexity index is 995. The Morgan fingerprint density at radius 2 is 1.54 bits per heavy atom. The molecule has 0 radical (unpaired) electrons. The molecule has 0 aromatic heterocycles. The third kappa shape index (κ3) is 1.93. The van der Waals surface area contributed by atoms with Gasteiger partial charge in [-0.1, -0.05) is 89.6 Å². The number of hydrogen-bond donors (Lipinski definition) is 0. The van der Waals surface area contributed by atoms with Gasteiger partial charge >= 0.3 is 0 Å². The highest BCUT2D eigenvalue weighted by Gasteiger charge is 2.61. The summed E-state index contributed by atoms with van der Waals surface area (Å²) in [6, 6.07) is 12.4. The van der Waals surface area contributed by atoms with E-state index in [1.54, 1.807) is 0 Å². The van der Waals surface area contributed by atoms with E-state index in [1.807, 2.05) is 12.1 Å². The lowest BCUT2D eigenvalue weighted by Gasteiger charge is -2.53. The van der Waals surface area contributed by atoms with Crippen LogP contribution in [0.2, 0.25) is 0 Å². The van der Waals surface area contributed by atoms with Crippen LogP contribution in [0.5, 0.6) is 0 Å². The molecule has 0 spiro atoms. The molecule has 2 heteroatoms. The molecule has 2 bridgehead atoms. The maximum atomic E-state index is 13.3. The Hall–Kier alpha value is -2.22. The van der Waals surface area contributed by atoms with Crippen LogP contribution >= 0.6 is 0 Å². The number of rotatable bonds is 0. The summed E-state index contributed by atoms with van der Waals surface area (Å²) in [5.41, 5.74) is 1.70. The van der Waals surface area contributed by atoms with Gasteiger partial charge in [-0.2, -0.15) is 0 Å². The first-order valence-corrected chi connectivity index (χ1v) is 9.34. The average molecular weight is 346 g/mol. The van der Waals surface area contributed by atoms with Crippen molar-refractivity contribution in [3.63, 3.8) is 0 Å². The maximum absolute atomic E-state index is 13.3. The molecule has 0 amide bonds. The monoisotopic (exact) mass is 346 g/mol. The van der Waals surface area contributed by atoms with E-state index in [-0.39, 0.29) is 17.0 Å². The summed E-state index contributed by atoms with van der Waals surface area (Å²) in [5.74, 6) is -0.935. The first-order chi connectivity index (χ1) is 12.0. The number of fused-ring (bicyclic) bond motifs is 2. The van der Waals surface area contributed by atoms with Gasteiger partial charge in [0.15, 0.2) is 0 Å². The van der Waals surface area contributed by atoms with Crippen molar-refractivity contribution in [1.82, 2.24) is 0 Å². The Kier molecular flexibility index (Phi) is 3.27. The van der Waals surface area contributed by atoms with Gasteiger partial charge < -0.3 is 0 Å². The second kappa shape index (κ2) is 4.94. The summed E-state index contributed by atoms with van der Waals surface area (Å²) in [6.07, 6.45) is 2.14. The lowest BCUT2D eigenvalue weighted by atomic mass is 9.47. The number of carbonyl (C=O) groups excluding carboxylic acids is 2. The van der Waals surface area contributed by atoms with Crippen molar-refractivity contribution in [1.29, 1.82) is 0 Å². The molecule has 134 valence electrons. The first kappa shape index (κ1) is 17.2. The largest absolute Gasteiger partial charge is 0.290 e. The van der Waals surface area contributed by atoms with E-state index >= 15 is 0 Å². The lowest BCUT2D eigenvalue weighted by Crippen LogP contribution is -2.58. The Morgan fingerprint density at radius 3 is 2.15 bits per heavy atom. The van der Waals surface area contributed by atoms with Crippen LogP contribution < -0.4 is 0 Å². The van der Waals surface area contributed by atoms with Gasteiger partial charge in [0.05, 0.1) is 11.3 Å². The van der Waals surface area contributed by atoms with Crippen LogP contribution in [0.3, 0.4) is 0 Å². The van der Waals surface area contributed by atoms with Crippen molar-refractivity contribution < 1.29 is 9.59 Å². The molecular formula is C24H26O2. The van der Waals surface area contributed by atoms with Gasteiger partial charge in [-0.15, -0.1) is 0 Å². The summed E-state index contributed by atoms with van der Waals surface area (Å²) < 4.78 is 0. The molecule has 2 nitrogen and oxygen atoms in total. The molecule has 0 heterocycles. The molecule has 3 aliphatic carbocycles. The Labute approximate surface area is 155 Å². The predicted molar refractivity (Wildman–Crippen MR) is 105 cm³/mol. The topological polar surface area (TPSA) is 34.1 Å². The number of allylic oxidation sites excluding steroid dienone is 2. The zero-order chi connectivity index (χ0) is 19.1. The average Bonchev–Trinajstić information content (AvgIpc) is 2.56. The standard InChI is InChI=1S/C24H26O2/c1-22(2,3)17-13-24(23(4,5)6)16-12-11-14-9-7-8-10-15(14)18(16)19(17)20(25)21(24)26/h7-13,19H,1-6H3/t19-,24+/m1/s1. The molecule has 0 fully saturated rings. The number of ketones is 2. The van der Waals surface area contributed by atoms with E-state index in [4.69, 9.17) is 0 Å². The van der Waals surface area contributed by atoms with Crippen LogP contribution in [0.4, 0.5) is 0 Å². The molecule has 5 rings (SSSR count). The molecule has 0 unspecified atom stereocenters. The third-order valence-electron chi connectivity index (χ3n) is 6.26. The van der Waals surface area contributed by atoms with Crippen molar-refractivity contribution in [2.24, 2.45) is 10.8 Å². The van der Waals surface area contributed by atoms with Gasteiger partial charge in [-0.3, -0.25) is 9.59 Å². The second-order valence-corrected chi connectivity index (χ2v) is 9.78. The summed E-state index contributed by atoms with van der Waals surface area (Å²) in [5, 5.41) is 2.22. The van der Waals surface area contributed by atoms with Gasteiger partial charge in [0.25, 0.3) is 0 Å². The van der Waals surface area contributed by atoms with Crippen LogP contribution in [-0.2, 0) is 15.0 Å². The van der Waals surface area contributed by atoms with Gasteiger partial charge in [-0.05, 0) is 32.7 Å². The van der Waals surface area contributed by atoms with E-state index < -0.39 is 16.7 Å². The van der Waals surface area contributed by atoms with Gasteiger partial charge in [0.2, 0.25) is 11.6 Å². The van der Waals surface area contributed by atoms with Crippen molar-refractivity contribution in [3.05, 3.63) is 59.2 Å². The van der Waals surface area contributed by atoms with E-state index in [0.717, 1.165) is 27.5 Å². The zero-order valence-electron chi connectivity index (χ0n) is 16.4. The van der Waals surface area contributed by atoms with Crippen LogP contribution in [-0.4, -0.2) is 11.6 Å². The predicted octanol–water partition coefficient (Wildman–Crippen LogP) is 5.35. The minimum absolute atomic E-state index is 0.174. The SMILES string of the molecule is CC(C)(C)C1=C[C@@]2(C(C)(C)C)C(=O)C(=O)[C@H]1c1c2ccc2ccccc12. The third-order valence-corrected chi connectivity index (χ3v) is 6.26. The molecule has 26 heavy (non-hydrogen) atoms. The second-order valence-electron chi connectivity index (χ2n) is 9.78. The quantitative estimate of drug-likeness (QED) is 0.476. The number of carbonyl (C=O) groups is 2. The van der Waals surface area contributed by atoms with Crippen LogP contribution in [0.1, 0.15) is 58.6 Å². The van der Waals surface area contributed by atoms with Crippen molar-refractivity contribution in [3.8, 4) is 0 Å². The summed E-state index contributed by atoms with van der Waals surface area (Å²) >= 11 is 0. The van der Waals surface area contributed by atoms with Crippen LogP contribution in [0.25, 0.3) is 10.8 Å². The maximum Gasteiger partial charge on any atom is 0.214 e. The Morgan fingerprint density at radius 1 is 0.885 bits per heavy atom. The molecule has 2 aromatic rings. The summed E-state index contributed by atoms with van der Waals surface area (Å²) in [7, 11) is 0. The van der Waals surface area contributed by atoms with E-state index in [9.17, 15) is 9.59 Å². The fourth-order valence-electron chi connectivity index (χ4n) is 4.90. The minimum atomic E-state index is -0.888. The van der Waals surface area contributed by atoms with Crippen molar-refractivity contribution in [2.45, 2.75) is 52.9 Å². The molecule has 0 saturated heterocycles. The fourth-order valence-corrected chi connectivity index (χ4v) is 4.90. The number of Topliss-reactive ketones (excluding diaryl/α,β-unsaturated/α-hetero) is 2. The number of benzene rings is 2. The van der Waals surface area contributed by atoms with Gasteiger partial charge in [0.1, 0.15) is 0 Å². The van der Waals surface area contributed by atoms with Gasteiger partial charge in [0, 0.05) is 0 Å². The molecule has 2 atom stereocenters. The molecule has 2 aromatic carbocycles. The highest BCUT2D eigenvalue weighted by atomic mass is 16.2. The summed E-state index contributed by atoms with van der Waals surface area (Å²) in [6.45, 7) is 12.6. The summed E-state index contributed by atoms with van der Waals surface area (Å²) in [4.78, 5) is 26.6. The minimum Gasteiger partial charge on any atom is -0.290 e.